The third-order valence-corrected chi connectivity index (χ3v) is 4.64. The molecule has 0 aliphatic rings. The Labute approximate surface area is 217 Å². The molecule has 1 radical (unpaired) electrons. The van der Waals surface area contributed by atoms with Crippen LogP contribution < -0.4 is 5.90 Å². The monoisotopic (exact) mass is 653 g/mol. The van der Waals surface area contributed by atoms with Crippen LogP contribution in [0.1, 0.15) is 17.0 Å². The van der Waals surface area contributed by atoms with Gasteiger partial charge in [-0.25, -0.2) is 0 Å². The second kappa shape index (κ2) is 23.7. The van der Waals surface area contributed by atoms with Gasteiger partial charge in [0.2, 0.25) is 0 Å². The van der Waals surface area contributed by atoms with Gasteiger partial charge in [-0.2, -0.15) is 5.90 Å². The van der Waals surface area contributed by atoms with Crippen LogP contribution >= 0.6 is 12.0 Å². The van der Waals surface area contributed by atoms with E-state index in [1.807, 2.05) is 48.8 Å². The minimum absolute atomic E-state index is 0. The summed E-state index contributed by atoms with van der Waals surface area (Å²) in [6, 6.07) is 20.2. The van der Waals surface area contributed by atoms with E-state index in [0.717, 1.165) is 54.4 Å². The van der Waals surface area contributed by atoms with Crippen molar-refractivity contribution >= 4 is 12.0 Å². The zero-order valence-electron chi connectivity index (χ0n) is 18.0. The topological polar surface area (TPSA) is 133 Å². The van der Waals surface area contributed by atoms with E-state index in [0.29, 0.717) is 0 Å². The molecule has 0 fully saturated rings. The molecule has 0 atom stereocenters. The van der Waals surface area contributed by atoms with Gasteiger partial charge in [-0.15, -0.1) is 9.32 Å². The fourth-order valence-corrected chi connectivity index (χ4v) is 3.08. The third kappa shape index (κ3) is 14.7. The molecule has 0 amide bonds. The van der Waals surface area contributed by atoms with Gasteiger partial charge in [0.25, 0.3) is 0 Å². The summed E-state index contributed by atoms with van der Waals surface area (Å²) < 4.78 is 27.2. The van der Waals surface area contributed by atoms with Gasteiger partial charge in [0.1, 0.15) is 0 Å². The zero-order chi connectivity index (χ0) is 24.7. The molecule has 0 spiro atoms. The van der Waals surface area contributed by atoms with Gasteiger partial charge in [0.15, 0.2) is 0 Å². The van der Waals surface area contributed by atoms with Gasteiger partial charge in [-0.05, 0) is 48.4 Å². The summed E-state index contributed by atoms with van der Waals surface area (Å²) in [5.41, 5.74) is 3.36. The minimum atomic E-state index is 0. The molecule has 2 N–H and O–H groups in total. The Balaban J connectivity index is 0. The van der Waals surface area contributed by atoms with E-state index < -0.39 is 0 Å². The molecule has 0 bridgehead atoms. The maximum Gasteiger partial charge on any atom is 0 e. The first-order chi connectivity index (χ1) is 16.3. The first kappa shape index (κ1) is 33.8. The van der Waals surface area contributed by atoms with Gasteiger partial charge < -0.3 is 0 Å². The first-order valence-corrected chi connectivity index (χ1v) is 10.00. The zero-order valence-corrected chi connectivity index (χ0v) is 21.5. The largest absolute Gasteiger partial charge is 0 e. The molecule has 0 saturated carbocycles. The van der Waals surface area contributed by atoms with E-state index in [2.05, 4.69) is 68.4 Å². The van der Waals surface area contributed by atoms with Crippen LogP contribution in [-0.2, 0) is 63.2 Å². The van der Waals surface area contributed by atoms with Crippen LogP contribution in [0.25, 0.3) is 0 Å². The van der Waals surface area contributed by atoms with Crippen LogP contribution in [0.2, 0.25) is 0 Å². The fourth-order valence-electron chi connectivity index (χ4n) is 2.71. The molecular formula is C23H22N4O5ReS. The molecule has 0 aliphatic carbocycles. The number of aromatic nitrogens is 2. The first-order valence-electron chi connectivity index (χ1n) is 9.26. The average Bonchev–Trinajstić information content (AvgIpc) is 2.91. The standard InChI is InChI=1S/C20H22N4O2S.3CO.Re/c21-25-26-27-20-9-7-17(8-10-20)11-14-24(15-18-5-1-3-12-22-18)16-19-6-2-4-13-23-19;3*1-2;/h1-10,12-13H,11,14-16,21H2;;;;. The Morgan fingerprint density at radius 3 is 1.71 bits per heavy atom. The number of benzene rings is 1. The van der Waals surface area contributed by atoms with E-state index in [1.54, 1.807) is 0 Å². The van der Waals surface area contributed by atoms with Crippen molar-refractivity contribution in [2.45, 2.75) is 24.4 Å². The summed E-state index contributed by atoms with van der Waals surface area (Å²) in [6.45, 7) is 16.0. The quantitative estimate of drug-likeness (QED) is 0.117. The van der Waals surface area contributed by atoms with Gasteiger partial charge in [0, 0.05) is 57.3 Å². The molecule has 9 nitrogen and oxygen atoms in total. The van der Waals surface area contributed by atoms with Crippen LogP contribution in [0, 0.1) is 20.0 Å². The van der Waals surface area contributed by atoms with E-state index in [-0.39, 0.29) is 20.4 Å². The second-order valence-corrected chi connectivity index (χ2v) is 6.77. The maximum absolute atomic E-state index is 7.50. The Morgan fingerprint density at radius 2 is 1.29 bits per heavy atom. The molecule has 2 aromatic heterocycles. The van der Waals surface area contributed by atoms with Crippen molar-refractivity contribution in [1.29, 1.82) is 0 Å². The Kier molecular flexibility index (Phi) is 23.6. The summed E-state index contributed by atoms with van der Waals surface area (Å²) >= 11 is 1.08. The molecule has 0 unspecified atom stereocenters. The van der Waals surface area contributed by atoms with E-state index in [4.69, 9.17) is 19.9 Å². The number of hydrogen-bond donors (Lipinski definition) is 1. The second-order valence-electron chi connectivity index (χ2n) is 5.99. The molecule has 0 aliphatic heterocycles. The average molecular weight is 653 g/mol. The van der Waals surface area contributed by atoms with E-state index in [9.17, 15) is 0 Å². The molecule has 2 heterocycles. The fraction of sp³-hybridized carbons (Fsp3) is 0.174. The number of rotatable bonds is 10. The van der Waals surface area contributed by atoms with Crippen molar-refractivity contribution in [3.63, 3.8) is 0 Å². The molecule has 11 heteroatoms. The van der Waals surface area contributed by atoms with Crippen LogP contribution in [0.5, 0.6) is 0 Å². The summed E-state index contributed by atoms with van der Waals surface area (Å²) in [5.74, 6) is 4.86. The number of nitrogens with zero attached hydrogens (tertiary/aromatic N) is 3. The van der Waals surface area contributed by atoms with Crippen molar-refractivity contribution in [3.8, 4) is 0 Å². The van der Waals surface area contributed by atoms with Gasteiger partial charge in [-0.3, -0.25) is 14.9 Å². The van der Waals surface area contributed by atoms with Crippen LogP contribution in [0.15, 0.2) is 78.0 Å². The van der Waals surface area contributed by atoms with Gasteiger partial charge in [0.05, 0.1) is 23.4 Å². The van der Waals surface area contributed by atoms with Gasteiger partial charge >= 0.3 is 33.9 Å². The molecule has 3 aromatic rings. The summed E-state index contributed by atoms with van der Waals surface area (Å²) in [4.78, 5) is 16.3. The molecular weight excluding hydrogens is 631 g/mol. The van der Waals surface area contributed by atoms with Crippen molar-refractivity contribution in [2.75, 3.05) is 6.54 Å². The predicted octanol–water partition coefficient (Wildman–Crippen LogP) is 3.44. The van der Waals surface area contributed by atoms with Crippen molar-refractivity contribution in [2.24, 2.45) is 5.90 Å². The molecule has 1 aromatic carbocycles. The molecule has 0 saturated heterocycles. The number of nitrogens with two attached hydrogens (primary N) is 1. The Morgan fingerprint density at radius 1 is 0.794 bits per heavy atom. The maximum atomic E-state index is 7.50. The van der Waals surface area contributed by atoms with Crippen molar-refractivity contribution in [3.05, 3.63) is 110 Å². The van der Waals surface area contributed by atoms with Crippen molar-refractivity contribution < 1.29 is 43.7 Å². The molecule has 34 heavy (non-hydrogen) atoms. The van der Waals surface area contributed by atoms with Gasteiger partial charge in [-0.1, -0.05) is 24.3 Å². The van der Waals surface area contributed by atoms with E-state index in [1.165, 1.54) is 5.56 Å². The minimum Gasteiger partial charge on any atom is 0 e. The van der Waals surface area contributed by atoms with Crippen LogP contribution in [0.3, 0.4) is 0 Å². The summed E-state index contributed by atoms with van der Waals surface area (Å²) in [6.07, 6.45) is 4.59. The predicted molar refractivity (Wildman–Crippen MR) is 117 cm³/mol. The smallest absolute Gasteiger partial charge is 0 e. The SMILES string of the molecule is NOOSc1ccc(CCN(Cc2ccccn2)Cc2ccccn2)cc1.[C-]#[O+].[C-]#[O+].[C-]#[O+].[Re]. The van der Waals surface area contributed by atoms with Crippen molar-refractivity contribution in [1.82, 2.24) is 14.9 Å². The van der Waals surface area contributed by atoms with Crippen LogP contribution in [0.4, 0.5) is 0 Å². The number of hydrogen-bond acceptors (Lipinski definition) is 7. The molecule has 177 valence electrons. The Hall–Kier alpha value is -2.41. The summed E-state index contributed by atoms with van der Waals surface area (Å²) in [5, 5.41) is 0. The van der Waals surface area contributed by atoms with Crippen LogP contribution in [-0.4, -0.2) is 21.4 Å². The van der Waals surface area contributed by atoms with E-state index >= 15 is 0 Å². The number of pyridine rings is 2. The molecule has 3 rings (SSSR count). The Bertz CT molecular complexity index is 873. The normalized spacial score (nSPS) is 8.94. The summed E-state index contributed by atoms with van der Waals surface area (Å²) in [7, 11) is 0. The third-order valence-electron chi connectivity index (χ3n) is 4.03.